The first kappa shape index (κ1) is 14.4. The molecule has 2 rings (SSSR count). The molecule has 7 heteroatoms. The van der Waals surface area contributed by atoms with E-state index in [0.717, 1.165) is 6.07 Å². The quantitative estimate of drug-likeness (QED) is 0.816. The van der Waals surface area contributed by atoms with E-state index in [0.29, 0.717) is 16.6 Å². The second-order valence-electron chi connectivity index (χ2n) is 3.93. The van der Waals surface area contributed by atoms with Crippen molar-refractivity contribution in [1.82, 2.24) is 0 Å². The molecule has 0 radical (unpaired) electrons. The van der Waals surface area contributed by atoms with Crippen LogP contribution in [0.25, 0.3) is 0 Å². The van der Waals surface area contributed by atoms with E-state index < -0.39 is 23.4 Å². The van der Waals surface area contributed by atoms with E-state index in [4.69, 9.17) is 5.73 Å². The molecule has 2 aromatic rings. The monoisotopic (exact) mass is 344 g/mol. The molecule has 0 unspecified atom stereocenters. The number of nitrogens with one attached hydrogen (secondary N) is 1. The van der Waals surface area contributed by atoms with Gasteiger partial charge in [0.1, 0.15) is 5.82 Å². The summed E-state index contributed by atoms with van der Waals surface area (Å²) >= 11 is 3.07. The molecule has 0 spiro atoms. The van der Waals surface area contributed by atoms with Crippen molar-refractivity contribution in [2.75, 3.05) is 11.1 Å². The molecule has 0 bridgehead atoms. The number of anilines is 2. The van der Waals surface area contributed by atoms with Crippen LogP contribution in [0.15, 0.2) is 34.8 Å². The van der Waals surface area contributed by atoms with Crippen molar-refractivity contribution >= 4 is 33.2 Å². The van der Waals surface area contributed by atoms with Gasteiger partial charge in [0, 0.05) is 16.2 Å². The van der Waals surface area contributed by atoms with Gasteiger partial charge in [-0.05, 0) is 24.3 Å². The highest BCUT2D eigenvalue weighted by molar-refractivity contribution is 9.10. The largest absolute Gasteiger partial charge is 0.398 e. The van der Waals surface area contributed by atoms with E-state index in [-0.39, 0.29) is 16.9 Å². The first-order valence-corrected chi connectivity index (χ1v) is 6.18. The molecular formula is C13H8BrF3N2O. The summed E-state index contributed by atoms with van der Waals surface area (Å²) in [5.41, 5.74) is 4.83. The highest BCUT2D eigenvalue weighted by Crippen LogP contribution is 2.22. The molecule has 1 amide bonds. The van der Waals surface area contributed by atoms with E-state index in [2.05, 4.69) is 21.2 Å². The lowest BCUT2D eigenvalue weighted by atomic mass is 10.1. The van der Waals surface area contributed by atoms with Gasteiger partial charge in [0.05, 0.1) is 11.3 Å². The average Bonchev–Trinajstić information content (AvgIpc) is 2.37. The molecule has 0 aromatic heterocycles. The Balaban J connectivity index is 2.31. The molecular weight excluding hydrogens is 337 g/mol. The first-order valence-electron chi connectivity index (χ1n) is 5.39. The van der Waals surface area contributed by atoms with Gasteiger partial charge in [0.15, 0.2) is 11.6 Å². The molecule has 2 aromatic carbocycles. The molecule has 0 atom stereocenters. The van der Waals surface area contributed by atoms with Crippen LogP contribution in [0.4, 0.5) is 24.5 Å². The number of halogens is 4. The van der Waals surface area contributed by atoms with E-state index in [1.807, 2.05) is 0 Å². The predicted molar refractivity (Wildman–Crippen MR) is 72.8 cm³/mol. The first-order chi connectivity index (χ1) is 9.38. The summed E-state index contributed by atoms with van der Waals surface area (Å²) < 4.78 is 40.1. The Kier molecular flexibility index (Phi) is 3.99. The number of amides is 1. The number of rotatable bonds is 2. The highest BCUT2D eigenvalue weighted by Gasteiger charge is 2.16. The average molecular weight is 345 g/mol. The third kappa shape index (κ3) is 2.93. The Morgan fingerprint density at radius 2 is 1.70 bits per heavy atom. The van der Waals surface area contributed by atoms with Crippen LogP contribution in [0.3, 0.4) is 0 Å². The van der Waals surface area contributed by atoms with Crippen LogP contribution in [-0.4, -0.2) is 5.91 Å². The summed E-state index contributed by atoms with van der Waals surface area (Å²) in [6, 6.07) is 5.36. The fourth-order valence-electron chi connectivity index (χ4n) is 1.54. The van der Waals surface area contributed by atoms with Crippen LogP contribution in [0, 0.1) is 17.5 Å². The van der Waals surface area contributed by atoms with Gasteiger partial charge in [-0.15, -0.1) is 0 Å². The topological polar surface area (TPSA) is 55.1 Å². The number of carbonyl (C=O) groups excluding carboxylic acids is 1. The number of nitrogen functional groups attached to an aromatic ring is 1. The Bertz CT molecular complexity index is 692. The molecule has 0 aliphatic heterocycles. The number of hydrogen-bond acceptors (Lipinski definition) is 2. The lowest BCUT2D eigenvalue weighted by Gasteiger charge is -2.09. The van der Waals surface area contributed by atoms with Crippen LogP contribution in [0.1, 0.15) is 10.4 Å². The summed E-state index contributed by atoms with van der Waals surface area (Å²) in [6.07, 6.45) is 0. The van der Waals surface area contributed by atoms with Gasteiger partial charge in [0.25, 0.3) is 5.91 Å². The molecule has 3 N–H and O–H groups in total. The molecule has 0 heterocycles. The van der Waals surface area contributed by atoms with E-state index in [9.17, 15) is 18.0 Å². The van der Waals surface area contributed by atoms with Crippen LogP contribution >= 0.6 is 15.9 Å². The minimum atomic E-state index is -1.21. The summed E-state index contributed by atoms with van der Waals surface area (Å²) in [6.45, 7) is 0. The lowest BCUT2D eigenvalue weighted by Crippen LogP contribution is -2.15. The van der Waals surface area contributed by atoms with Crippen LogP contribution in [0.5, 0.6) is 0 Å². The summed E-state index contributed by atoms with van der Waals surface area (Å²) in [5.74, 6) is -3.87. The molecule has 0 aliphatic rings. The maximum absolute atomic E-state index is 13.6. The summed E-state index contributed by atoms with van der Waals surface area (Å²) in [5, 5.41) is 2.24. The summed E-state index contributed by atoms with van der Waals surface area (Å²) in [4.78, 5) is 11.9. The van der Waals surface area contributed by atoms with Gasteiger partial charge in [-0.25, -0.2) is 13.2 Å². The van der Waals surface area contributed by atoms with Gasteiger partial charge in [-0.2, -0.15) is 0 Å². The SMILES string of the molecule is Nc1cc(F)c(F)cc1C(=O)Nc1ccc(Br)cc1F. The second kappa shape index (κ2) is 5.54. The van der Waals surface area contributed by atoms with Gasteiger partial charge >= 0.3 is 0 Å². The van der Waals surface area contributed by atoms with Crippen molar-refractivity contribution in [3.8, 4) is 0 Å². The smallest absolute Gasteiger partial charge is 0.257 e. The van der Waals surface area contributed by atoms with Crippen LogP contribution in [-0.2, 0) is 0 Å². The minimum Gasteiger partial charge on any atom is -0.398 e. The molecule has 0 saturated heterocycles. The van der Waals surface area contributed by atoms with Crippen molar-refractivity contribution in [3.05, 3.63) is 57.8 Å². The molecule has 3 nitrogen and oxygen atoms in total. The Labute approximate surface area is 120 Å². The van der Waals surface area contributed by atoms with Crippen molar-refractivity contribution < 1.29 is 18.0 Å². The van der Waals surface area contributed by atoms with Gasteiger partial charge < -0.3 is 11.1 Å². The standard InChI is InChI=1S/C13H8BrF3N2O/c14-6-1-2-12(10(17)3-6)19-13(20)7-4-8(15)9(16)5-11(7)18/h1-5H,18H2,(H,19,20). The number of carbonyl (C=O) groups is 1. The second-order valence-corrected chi connectivity index (χ2v) is 4.85. The zero-order valence-electron chi connectivity index (χ0n) is 9.88. The van der Waals surface area contributed by atoms with Crippen LogP contribution in [0.2, 0.25) is 0 Å². The zero-order chi connectivity index (χ0) is 14.9. The zero-order valence-corrected chi connectivity index (χ0v) is 11.5. The minimum absolute atomic E-state index is 0.0951. The Hall–Kier alpha value is -2.02. The molecule has 0 aliphatic carbocycles. The van der Waals surface area contributed by atoms with E-state index >= 15 is 0 Å². The Morgan fingerprint density at radius 1 is 1.05 bits per heavy atom. The normalized spacial score (nSPS) is 10.4. The number of nitrogens with two attached hydrogens (primary N) is 1. The predicted octanol–water partition coefficient (Wildman–Crippen LogP) is 3.70. The lowest BCUT2D eigenvalue weighted by molar-refractivity contribution is 0.102. The van der Waals surface area contributed by atoms with E-state index in [1.54, 1.807) is 0 Å². The molecule has 104 valence electrons. The number of hydrogen-bond donors (Lipinski definition) is 2. The molecule has 0 fully saturated rings. The third-order valence-corrected chi connectivity index (χ3v) is 3.01. The molecule has 20 heavy (non-hydrogen) atoms. The fraction of sp³-hybridized carbons (Fsp3) is 0. The number of benzene rings is 2. The molecule has 0 saturated carbocycles. The van der Waals surface area contributed by atoms with Crippen molar-refractivity contribution in [3.63, 3.8) is 0 Å². The maximum Gasteiger partial charge on any atom is 0.257 e. The van der Waals surface area contributed by atoms with Gasteiger partial charge in [-0.1, -0.05) is 15.9 Å². The third-order valence-electron chi connectivity index (χ3n) is 2.52. The van der Waals surface area contributed by atoms with Crippen molar-refractivity contribution in [2.45, 2.75) is 0 Å². The van der Waals surface area contributed by atoms with Gasteiger partial charge in [0.2, 0.25) is 0 Å². The van der Waals surface area contributed by atoms with E-state index in [1.165, 1.54) is 12.1 Å². The Morgan fingerprint density at radius 3 is 2.35 bits per heavy atom. The van der Waals surface area contributed by atoms with Crippen molar-refractivity contribution in [2.24, 2.45) is 0 Å². The highest BCUT2D eigenvalue weighted by atomic mass is 79.9. The van der Waals surface area contributed by atoms with Crippen LogP contribution < -0.4 is 11.1 Å². The summed E-state index contributed by atoms with van der Waals surface area (Å²) in [7, 11) is 0. The van der Waals surface area contributed by atoms with Crippen molar-refractivity contribution in [1.29, 1.82) is 0 Å². The van der Waals surface area contributed by atoms with Gasteiger partial charge in [-0.3, -0.25) is 4.79 Å². The fourth-order valence-corrected chi connectivity index (χ4v) is 1.87. The maximum atomic E-state index is 13.6.